The standard InChI is InChI=1S/C17H10Cl2N2OS2/c1-2-7-21-16-13(19)9-11(18)10-14(16)24-17(21)20-15(22)6-5-12-4-3-8-23-12/h1,3-6,8-10H,7H2/b6-5+,20-17?. The predicted molar refractivity (Wildman–Crippen MR) is 103 cm³/mol. The summed E-state index contributed by atoms with van der Waals surface area (Å²) in [4.78, 5) is 17.8. The number of thiophene rings is 1. The second-order valence-corrected chi connectivity index (χ2v) is 7.54. The van der Waals surface area contributed by atoms with Gasteiger partial charge in [0.1, 0.15) is 0 Å². The number of amides is 1. The molecule has 0 spiro atoms. The highest BCUT2D eigenvalue weighted by molar-refractivity contribution is 7.16. The number of fused-ring (bicyclic) bond motifs is 1. The van der Waals surface area contributed by atoms with Crippen molar-refractivity contribution in [3.63, 3.8) is 0 Å². The van der Waals surface area contributed by atoms with Crippen molar-refractivity contribution in [3.05, 3.63) is 55.4 Å². The molecule has 0 N–H and O–H groups in total. The summed E-state index contributed by atoms with van der Waals surface area (Å²) in [6.07, 6.45) is 8.61. The average Bonchev–Trinajstić information content (AvgIpc) is 3.14. The van der Waals surface area contributed by atoms with Gasteiger partial charge in [-0.25, -0.2) is 0 Å². The van der Waals surface area contributed by atoms with E-state index >= 15 is 0 Å². The fourth-order valence-electron chi connectivity index (χ4n) is 2.12. The van der Waals surface area contributed by atoms with Gasteiger partial charge in [-0.2, -0.15) is 4.99 Å². The smallest absolute Gasteiger partial charge is 0.272 e. The second kappa shape index (κ2) is 7.37. The van der Waals surface area contributed by atoms with Crippen LogP contribution in [0.1, 0.15) is 4.88 Å². The molecule has 0 saturated carbocycles. The lowest BCUT2D eigenvalue weighted by Crippen LogP contribution is -2.16. The molecule has 0 saturated heterocycles. The summed E-state index contributed by atoms with van der Waals surface area (Å²) in [5, 5.41) is 2.95. The molecular formula is C17H10Cl2N2OS2. The number of thiazole rings is 1. The maximum atomic E-state index is 12.1. The minimum absolute atomic E-state index is 0.266. The van der Waals surface area contributed by atoms with Gasteiger partial charge in [0, 0.05) is 16.0 Å². The van der Waals surface area contributed by atoms with E-state index in [1.807, 2.05) is 17.5 Å². The summed E-state index contributed by atoms with van der Waals surface area (Å²) in [5.41, 5.74) is 0.734. The number of rotatable bonds is 3. The van der Waals surface area contributed by atoms with Crippen LogP contribution in [0.2, 0.25) is 10.0 Å². The van der Waals surface area contributed by atoms with Gasteiger partial charge >= 0.3 is 0 Å². The van der Waals surface area contributed by atoms with Gasteiger partial charge in [0.25, 0.3) is 5.91 Å². The number of halogens is 2. The second-order valence-electron chi connectivity index (χ2n) is 4.71. The van der Waals surface area contributed by atoms with E-state index in [2.05, 4.69) is 10.9 Å². The molecule has 0 fully saturated rings. The molecule has 120 valence electrons. The van der Waals surface area contributed by atoms with Crippen LogP contribution < -0.4 is 4.80 Å². The molecule has 0 bridgehead atoms. The van der Waals surface area contributed by atoms with Gasteiger partial charge in [-0.05, 0) is 29.7 Å². The molecule has 2 heterocycles. The zero-order valence-corrected chi connectivity index (χ0v) is 15.3. The lowest BCUT2D eigenvalue weighted by atomic mass is 10.3. The van der Waals surface area contributed by atoms with Crippen molar-refractivity contribution in [3.8, 4) is 12.3 Å². The van der Waals surface area contributed by atoms with Crippen LogP contribution in [0.5, 0.6) is 0 Å². The van der Waals surface area contributed by atoms with Crippen LogP contribution in [0.15, 0.2) is 40.7 Å². The zero-order valence-electron chi connectivity index (χ0n) is 12.2. The molecule has 24 heavy (non-hydrogen) atoms. The van der Waals surface area contributed by atoms with Gasteiger partial charge in [0.15, 0.2) is 4.80 Å². The Kier molecular flexibility index (Phi) is 5.22. The largest absolute Gasteiger partial charge is 0.303 e. The first-order valence-corrected chi connectivity index (χ1v) is 9.26. The van der Waals surface area contributed by atoms with Crippen molar-refractivity contribution in [2.45, 2.75) is 6.54 Å². The third-order valence-electron chi connectivity index (χ3n) is 3.08. The molecule has 0 aliphatic carbocycles. The van der Waals surface area contributed by atoms with E-state index in [0.29, 0.717) is 14.8 Å². The molecular weight excluding hydrogens is 383 g/mol. The van der Waals surface area contributed by atoms with Crippen LogP contribution >= 0.6 is 45.9 Å². The Balaban J connectivity index is 2.08. The summed E-state index contributed by atoms with van der Waals surface area (Å²) >= 11 is 15.2. The van der Waals surface area contributed by atoms with E-state index in [0.717, 1.165) is 15.1 Å². The van der Waals surface area contributed by atoms with Gasteiger partial charge < -0.3 is 4.57 Å². The fourth-order valence-corrected chi connectivity index (χ4v) is 4.56. The fraction of sp³-hybridized carbons (Fsp3) is 0.0588. The first kappa shape index (κ1) is 17.0. The highest BCUT2D eigenvalue weighted by Gasteiger charge is 2.11. The van der Waals surface area contributed by atoms with Crippen molar-refractivity contribution < 1.29 is 4.79 Å². The molecule has 3 rings (SSSR count). The van der Waals surface area contributed by atoms with Gasteiger partial charge in [-0.1, -0.05) is 46.5 Å². The van der Waals surface area contributed by atoms with Crippen LogP contribution in [-0.4, -0.2) is 10.5 Å². The molecule has 1 aromatic carbocycles. The molecule has 0 radical (unpaired) electrons. The van der Waals surface area contributed by atoms with Gasteiger partial charge in [0.2, 0.25) is 0 Å². The molecule has 3 nitrogen and oxygen atoms in total. The van der Waals surface area contributed by atoms with Crippen molar-refractivity contribution in [2.24, 2.45) is 4.99 Å². The summed E-state index contributed by atoms with van der Waals surface area (Å²) in [6.45, 7) is 0.266. The van der Waals surface area contributed by atoms with Gasteiger partial charge in [-0.3, -0.25) is 4.79 Å². The number of nitrogens with zero attached hydrogens (tertiary/aromatic N) is 2. The van der Waals surface area contributed by atoms with E-state index in [4.69, 9.17) is 29.6 Å². The predicted octanol–water partition coefficient (Wildman–Crippen LogP) is 4.85. The Hall–Kier alpha value is -1.84. The van der Waals surface area contributed by atoms with Crippen LogP contribution in [0.25, 0.3) is 16.3 Å². The van der Waals surface area contributed by atoms with Crippen LogP contribution in [-0.2, 0) is 11.3 Å². The monoisotopic (exact) mass is 392 g/mol. The van der Waals surface area contributed by atoms with Crippen LogP contribution in [0.3, 0.4) is 0 Å². The third kappa shape index (κ3) is 3.63. The lowest BCUT2D eigenvalue weighted by Gasteiger charge is -2.02. The minimum atomic E-state index is -0.358. The topological polar surface area (TPSA) is 34.4 Å². The summed E-state index contributed by atoms with van der Waals surface area (Å²) in [6, 6.07) is 7.28. The van der Waals surface area contributed by atoms with E-state index in [9.17, 15) is 4.79 Å². The Morgan fingerprint density at radius 1 is 1.42 bits per heavy atom. The maximum Gasteiger partial charge on any atom is 0.272 e. The van der Waals surface area contributed by atoms with Crippen molar-refractivity contribution >= 4 is 68.1 Å². The van der Waals surface area contributed by atoms with Crippen molar-refractivity contribution in [1.82, 2.24) is 4.57 Å². The summed E-state index contributed by atoms with van der Waals surface area (Å²) < 4.78 is 2.58. The quantitative estimate of drug-likeness (QED) is 0.463. The molecule has 0 aliphatic heterocycles. The minimum Gasteiger partial charge on any atom is -0.303 e. The summed E-state index contributed by atoms with van der Waals surface area (Å²) in [5.74, 6) is 2.20. The summed E-state index contributed by atoms with van der Waals surface area (Å²) in [7, 11) is 0. The van der Waals surface area contributed by atoms with Crippen LogP contribution in [0.4, 0.5) is 0 Å². The third-order valence-corrected chi connectivity index (χ3v) is 5.45. The Labute approximate surface area is 156 Å². The molecule has 2 aromatic heterocycles. The first-order chi connectivity index (χ1) is 11.6. The Bertz CT molecular complexity index is 1040. The molecule has 1 amide bonds. The number of carbonyl (C=O) groups excluding carboxylic acids is 1. The average molecular weight is 393 g/mol. The van der Waals surface area contributed by atoms with Gasteiger partial charge in [0.05, 0.1) is 21.8 Å². The molecule has 3 aromatic rings. The molecule has 0 aliphatic rings. The normalized spacial score (nSPS) is 12.1. The van der Waals surface area contributed by atoms with E-state index in [1.165, 1.54) is 17.4 Å². The zero-order chi connectivity index (χ0) is 17.1. The Morgan fingerprint density at radius 2 is 2.25 bits per heavy atom. The number of benzene rings is 1. The van der Waals surface area contributed by atoms with E-state index in [1.54, 1.807) is 34.1 Å². The van der Waals surface area contributed by atoms with Crippen molar-refractivity contribution in [2.75, 3.05) is 0 Å². The highest BCUT2D eigenvalue weighted by Crippen LogP contribution is 2.29. The van der Waals surface area contributed by atoms with Gasteiger partial charge in [-0.15, -0.1) is 17.8 Å². The maximum absolute atomic E-state index is 12.1. The number of hydrogen-bond acceptors (Lipinski definition) is 3. The lowest BCUT2D eigenvalue weighted by molar-refractivity contribution is -0.113. The first-order valence-electron chi connectivity index (χ1n) is 6.80. The van der Waals surface area contributed by atoms with E-state index in [-0.39, 0.29) is 12.5 Å². The van der Waals surface area contributed by atoms with Crippen molar-refractivity contribution in [1.29, 1.82) is 0 Å². The highest BCUT2D eigenvalue weighted by atomic mass is 35.5. The van der Waals surface area contributed by atoms with Crippen LogP contribution in [0, 0.1) is 12.3 Å². The molecule has 0 unspecified atom stereocenters. The Morgan fingerprint density at radius 3 is 2.96 bits per heavy atom. The number of hydrogen-bond donors (Lipinski definition) is 0. The number of terminal acetylenes is 1. The number of carbonyl (C=O) groups is 1. The SMILES string of the molecule is C#CCn1c(=NC(=O)/C=C/c2cccs2)sc2cc(Cl)cc(Cl)c21. The molecule has 7 heteroatoms. The van der Waals surface area contributed by atoms with E-state index < -0.39 is 0 Å². The number of aromatic nitrogens is 1. The molecule has 0 atom stereocenters.